The number of aromatic nitrogens is 3. The molecule has 3 heterocycles. The van der Waals surface area contributed by atoms with Crippen molar-refractivity contribution in [3.8, 4) is 11.3 Å². The average Bonchev–Trinajstić information content (AvgIpc) is 3.38. The van der Waals surface area contributed by atoms with Crippen LogP contribution in [0.5, 0.6) is 0 Å². The van der Waals surface area contributed by atoms with Crippen molar-refractivity contribution >= 4 is 39.6 Å². The highest BCUT2D eigenvalue weighted by molar-refractivity contribution is 6.30. The number of imidazole rings is 1. The van der Waals surface area contributed by atoms with Crippen molar-refractivity contribution in [2.75, 3.05) is 5.32 Å². The van der Waals surface area contributed by atoms with Gasteiger partial charge in [-0.05, 0) is 47.9 Å². The Kier molecular flexibility index (Phi) is 4.58. The Bertz CT molecular complexity index is 1400. The summed E-state index contributed by atoms with van der Waals surface area (Å²) in [6.45, 7) is 0. The number of fused-ring (bicyclic) bond motifs is 2. The monoisotopic (exact) mass is 412 g/mol. The van der Waals surface area contributed by atoms with Gasteiger partial charge in [-0.25, -0.2) is 4.98 Å². The van der Waals surface area contributed by atoms with Crippen molar-refractivity contribution in [2.24, 2.45) is 0 Å². The van der Waals surface area contributed by atoms with Gasteiger partial charge in [0.15, 0.2) is 0 Å². The third kappa shape index (κ3) is 3.36. The summed E-state index contributed by atoms with van der Waals surface area (Å²) in [5.74, 6) is -0.146. The Morgan fingerprint density at radius 3 is 2.80 bits per heavy atom. The number of pyridine rings is 1. The molecule has 5 nitrogen and oxygen atoms in total. The summed E-state index contributed by atoms with van der Waals surface area (Å²) in [5, 5.41) is 4.94. The van der Waals surface area contributed by atoms with Crippen molar-refractivity contribution in [3.63, 3.8) is 0 Å². The van der Waals surface area contributed by atoms with E-state index in [-0.39, 0.29) is 5.78 Å². The van der Waals surface area contributed by atoms with Gasteiger partial charge in [-0.1, -0.05) is 35.9 Å². The van der Waals surface area contributed by atoms with E-state index in [1.54, 1.807) is 18.3 Å². The Morgan fingerprint density at radius 2 is 1.93 bits per heavy atom. The molecule has 5 rings (SSSR count). The van der Waals surface area contributed by atoms with Gasteiger partial charge in [0, 0.05) is 46.5 Å². The second-order valence-corrected chi connectivity index (χ2v) is 7.30. The van der Waals surface area contributed by atoms with Crippen molar-refractivity contribution in [2.45, 2.75) is 0 Å². The van der Waals surface area contributed by atoms with Gasteiger partial charge >= 0.3 is 0 Å². The largest absolute Gasteiger partial charge is 0.361 e. The van der Waals surface area contributed by atoms with E-state index < -0.39 is 0 Å². The number of nitrogens with zero attached hydrogens (tertiary/aromatic N) is 2. The van der Waals surface area contributed by atoms with Crippen molar-refractivity contribution in [1.82, 2.24) is 14.4 Å². The first-order valence-corrected chi connectivity index (χ1v) is 9.84. The van der Waals surface area contributed by atoms with E-state index in [1.807, 2.05) is 71.4 Å². The van der Waals surface area contributed by atoms with Gasteiger partial charge in [-0.3, -0.25) is 9.20 Å². The lowest BCUT2D eigenvalue weighted by atomic mass is 10.1. The summed E-state index contributed by atoms with van der Waals surface area (Å²) >= 11 is 6.02. The third-order valence-electron chi connectivity index (χ3n) is 4.92. The van der Waals surface area contributed by atoms with Crippen LogP contribution in [0.1, 0.15) is 10.5 Å². The van der Waals surface area contributed by atoms with Crippen LogP contribution in [0.15, 0.2) is 91.4 Å². The minimum absolute atomic E-state index is 0.146. The molecule has 6 heteroatoms. The lowest BCUT2D eigenvalue weighted by Crippen LogP contribution is -2.03. The lowest BCUT2D eigenvalue weighted by Gasteiger charge is -2.03. The topological polar surface area (TPSA) is 62.2 Å². The summed E-state index contributed by atoms with van der Waals surface area (Å²) in [4.78, 5) is 21.0. The van der Waals surface area contributed by atoms with Gasteiger partial charge in [0.05, 0.1) is 0 Å². The molecular weight excluding hydrogens is 396 g/mol. The fourth-order valence-corrected chi connectivity index (χ4v) is 3.60. The van der Waals surface area contributed by atoms with Crippen LogP contribution in [-0.4, -0.2) is 20.2 Å². The molecule has 0 saturated carbocycles. The highest BCUT2D eigenvalue weighted by Crippen LogP contribution is 2.26. The van der Waals surface area contributed by atoms with Crippen LogP contribution in [0.3, 0.4) is 0 Å². The van der Waals surface area contributed by atoms with Crippen molar-refractivity contribution in [3.05, 3.63) is 102 Å². The first kappa shape index (κ1) is 18.2. The highest BCUT2D eigenvalue weighted by atomic mass is 35.5. The maximum atomic E-state index is 13.1. The molecule has 5 aromatic rings. The predicted octanol–water partition coefficient (Wildman–Crippen LogP) is 5.94. The molecule has 0 aliphatic carbocycles. The molecule has 0 saturated heterocycles. The summed E-state index contributed by atoms with van der Waals surface area (Å²) in [6, 6.07) is 21.0. The van der Waals surface area contributed by atoms with E-state index in [9.17, 15) is 4.79 Å². The van der Waals surface area contributed by atoms with E-state index >= 15 is 0 Å². The predicted molar refractivity (Wildman–Crippen MR) is 121 cm³/mol. The minimum Gasteiger partial charge on any atom is -0.361 e. The van der Waals surface area contributed by atoms with E-state index in [1.165, 1.54) is 6.08 Å². The number of ketones is 1. The lowest BCUT2D eigenvalue weighted by molar-refractivity contribution is 0.104. The Balaban J connectivity index is 1.48. The van der Waals surface area contributed by atoms with E-state index in [0.717, 1.165) is 22.2 Å². The number of carbonyl (C=O) groups excluding carboxylic acids is 1. The van der Waals surface area contributed by atoms with Crippen LogP contribution in [0.25, 0.3) is 27.8 Å². The van der Waals surface area contributed by atoms with Crippen LogP contribution in [-0.2, 0) is 0 Å². The molecule has 0 amide bonds. The van der Waals surface area contributed by atoms with Crippen LogP contribution in [0.4, 0.5) is 5.69 Å². The molecule has 30 heavy (non-hydrogen) atoms. The fourth-order valence-electron chi connectivity index (χ4n) is 3.47. The second-order valence-electron chi connectivity index (χ2n) is 6.87. The average molecular weight is 413 g/mol. The Morgan fingerprint density at radius 1 is 1.07 bits per heavy atom. The van der Waals surface area contributed by atoms with E-state index in [0.29, 0.717) is 22.1 Å². The molecule has 0 spiro atoms. The number of nitrogens with one attached hydrogen (secondary N) is 2. The van der Waals surface area contributed by atoms with Gasteiger partial charge in [0.2, 0.25) is 5.78 Å². The number of anilines is 1. The second kappa shape index (κ2) is 7.54. The number of hydrogen-bond acceptors (Lipinski definition) is 3. The smallest absolute Gasteiger partial charge is 0.206 e. The highest BCUT2D eigenvalue weighted by Gasteiger charge is 2.18. The number of hydrogen-bond donors (Lipinski definition) is 2. The van der Waals surface area contributed by atoms with E-state index in [4.69, 9.17) is 11.6 Å². The molecule has 3 aromatic heterocycles. The molecule has 2 N–H and O–H groups in total. The number of carbonyl (C=O) groups is 1. The zero-order valence-corrected chi connectivity index (χ0v) is 16.6. The van der Waals surface area contributed by atoms with Crippen LogP contribution in [0.2, 0.25) is 5.02 Å². The fraction of sp³-hybridized carbons (Fsp3) is 0. The summed E-state index contributed by atoms with van der Waals surface area (Å²) in [7, 11) is 0. The molecule has 146 valence electrons. The number of allylic oxidation sites excluding steroid dienone is 1. The van der Waals surface area contributed by atoms with Gasteiger partial charge in [0.1, 0.15) is 17.0 Å². The SMILES string of the molecule is O=C(/C=C\Nc1ccc2cc[nH]c2c1)c1c(-c2ccc(Cl)cc2)nc2ccccn12. The first-order chi connectivity index (χ1) is 14.7. The maximum Gasteiger partial charge on any atom is 0.206 e. The summed E-state index contributed by atoms with van der Waals surface area (Å²) in [6.07, 6.45) is 6.92. The number of rotatable bonds is 5. The van der Waals surface area contributed by atoms with Crippen LogP contribution < -0.4 is 5.32 Å². The molecule has 2 aromatic carbocycles. The molecule has 0 atom stereocenters. The summed E-state index contributed by atoms with van der Waals surface area (Å²) < 4.78 is 1.81. The zero-order valence-electron chi connectivity index (χ0n) is 15.8. The van der Waals surface area contributed by atoms with Gasteiger partial charge in [-0.2, -0.15) is 0 Å². The van der Waals surface area contributed by atoms with Crippen LogP contribution >= 0.6 is 11.6 Å². The standard InChI is InChI=1S/C24H17ClN4O/c25-18-7-4-17(5-8-18)23-24(29-14-2-1-3-22(29)28-23)21(30)11-13-26-19-9-6-16-10-12-27-20(16)15-19/h1-15,26-27H/b13-11-. The zero-order chi connectivity index (χ0) is 20.5. The quantitative estimate of drug-likeness (QED) is 0.277. The third-order valence-corrected chi connectivity index (χ3v) is 5.17. The Hall–Kier alpha value is -3.83. The number of aromatic amines is 1. The molecule has 0 aliphatic heterocycles. The van der Waals surface area contributed by atoms with Crippen LogP contribution in [0, 0.1) is 0 Å². The molecule has 0 aliphatic rings. The molecule has 0 bridgehead atoms. The summed E-state index contributed by atoms with van der Waals surface area (Å²) in [5.41, 5.74) is 4.61. The first-order valence-electron chi connectivity index (χ1n) is 9.47. The number of halogens is 1. The normalized spacial score (nSPS) is 11.5. The molecular formula is C24H17ClN4O. The van der Waals surface area contributed by atoms with Gasteiger partial charge in [-0.15, -0.1) is 0 Å². The van der Waals surface area contributed by atoms with Gasteiger partial charge < -0.3 is 10.3 Å². The maximum absolute atomic E-state index is 13.1. The molecule has 0 unspecified atom stereocenters. The van der Waals surface area contributed by atoms with E-state index in [2.05, 4.69) is 15.3 Å². The van der Waals surface area contributed by atoms with Crippen molar-refractivity contribution < 1.29 is 4.79 Å². The minimum atomic E-state index is -0.146. The van der Waals surface area contributed by atoms with Gasteiger partial charge in [0.25, 0.3) is 0 Å². The van der Waals surface area contributed by atoms with Crippen molar-refractivity contribution in [1.29, 1.82) is 0 Å². The number of H-pyrrole nitrogens is 1. The number of benzene rings is 2. The molecule has 0 radical (unpaired) electrons. The Labute approximate surface area is 177 Å². The molecule has 0 fully saturated rings.